The number of imidazole rings is 2. The van der Waals surface area contributed by atoms with Gasteiger partial charge in [-0.1, -0.05) is 25.8 Å². The summed E-state index contributed by atoms with van der Waals surface area (Å²) >= 11 is 17.7. The topological polar surface area (TPSA) is 53.9 Å². The van der Waals surface area contributed by atoms with E-state index in [0.29, 0.717) is 4.57 Å². The Kier molecular flexibility index (Phi) is 17.7. The predicted octanol–water partition coefficient (Wildman–Crippen LogP) is 10.1. The Morgan fingerprint density at radius 2 is 0.646 bits per heavy atom. The van der Waals surface area contributed by atoms with Gasteiger partial charge in [0.1, 0.15) is 0 Å². The van der Waals surface area contributed by atoms with Crippen molar-refractivity contribution < 1.29 is 135 Å². The standard InChI is InChI=1S/C14H17F9N2OS2.C13H6F18N2OS2.Ni/c1-10(2,3)6-25-8(28)7(27)24(9(25)26)5-4-11(15,16)12(17,18)13(19,20)14(21,22)23;14-6(15,7(16,17)8(18,19)11(24,25)26)1-2-32-3(35)4(36)33(5(32)34)13(30,31)10(22,23)9(20,21)12(27,28)29;/h27-28H,4-6H2,1-3H3;35-36H,1-2H2;/p-4. The molecule has 0 radical (unpaired) electrons. The smallest absolute Gasteiger partial charge is 0.460 e. The first-order chi connectivity index (χ1) is 27.6. The van der Waals surface area contributed by atoms with Gasteiger partial charge in [-0.25, -0.2) is 9.59 Å². The van der Waals surface area contributed by atoms with Gasteiger partial charge in [-0.15, -0.1) is 15.1 Å². The molecule has 0 bridgehead atoms. The van der Waals surface area contributed by atoms with Crippen LogP contribution >= 0.6 is 0 Å². The summed E-state index contributed by atoms with van der Waals surface area (Å²) in [6.45, 7) is 1.41. The first kappa shape index (κ1) is 62.5. The monoisotopic (exact) mass is 1130 g/mol. The van der Waals surface area contributed by atoms with Crippen LogP contribution < -0.4 is 11.4 Å². The number of hydrogen-bond donors (Lipinski definition) is 0. The molecule has 0 N–H and O–H groups in total. The molecule has 0 aliphatic carbocycles. The van der Waals surface area contributed by atoms with Gasteiger partial charge in [0.05, 0.1) is 0 Å². The van der Waals surface area contributed by atoms with E-state index in [4.69, 9.17) is 25.3 Å². The van der Waals surface area contributed by atoms with Crippen LogP contribution in [0, 0.1) is 5.41 Å². The molecule has 0 saturated heterocycles. The van der Waals surface area contributed by atoms with Crippen LogP contribution in [-0.4, -0.2) is 84.2 Å². The van der Waals surface area contributed by atoms with Crippen LogP contribution in [0.25, 0.3) is 0 Å². The summed E-state index contributed by atoms with van der Waals surface area (Å²) in [5.74, 6) is -55.7. The third-order valence-electron chi connectivity index (χ3n) is 7.95. The van der Waals surface area contributed by atoms with Crippen LogP contribution in [0.2, 0.25) is 0 Å². The van der Waals surface area contributed by atoms with Crippen molar-refractivity contribution in [2.75, 3.05) is 0 Å². The molecule has 2 aromatic rings. The maximum absolute atomic E-state index is 14.0. The fourth-order valence-corrected chi connectivity index (χ4v) is 5.55. The summed E-state index contributed by atoms with van der Waals surface area (Å²) < 4.78 is 348. The van der Waals surface area contributed by atoms with Crippen LogP contribution in [0.4, 0.5) is 119 Å². The van der Waals surface area contributed by atoms with Crippen LogP contribution in [0.1, 0.15) is 33.6 Å². The predicted molar refractivity (Wildman–Crippen MR) is 167 cm³/mol. The van der Waals surface area contributed by atoms with E-state index in [1.54, 1.807) is 20.8 Å². The number of rotatable bonds is 14. The van der Waals surface area contributed by atoms with Gasteiger partial charge in [0.25, 0.3) is 0 Å². The molecule has 0 amide bonds. The molecule has 0 aromatic carbocycles. The first-order valence-electron chi connectivity index (χ1n) is 15.6. The van der Waals surface area contributed by atoms with Gasteiger partial charge < -0.3 is 64.2 Å². The van der Waals surface area contributed by atoms with Crippen LogP contribution in [0.3, 0.4) is 0 Å². The van der Waals surface area contributed by atoms with Gasteiger partial charge in [0, 0.05) is 49.0 Å². The van der Waals surface area contributed by atoms with Gasteiger partial charge in [-0.3, -0.25) is 4.57 Å². The maximum Gasteiger partial charge on any atom is 0.460 e. The van der Waals surface area contributed by atoms with E-state index in [0.717, 1.165) is 4.57 Å². The number of aromatic nitrogens is 4. The van der Waals surface area contributed by atoms with Crippen molar-refractivity contribution in [3.63, 3.8) is 0 Å². The SMILES string of the molecule is CC(C)(C)Cn1c([S-])c([S-])n(CCC(F)(F)C(F)(F)C(F)(F)C(F)(F)F)c1=O.O=c1n(CCC(F)(F)C(F)(F)C(F)(F)C(F)(F)F)c([S-])c([S-])n1C(F)(F)C(F)(F)C(F)(F)C(F)(F)F.[Ni]. The van der Waals surface area contributed by atoms with Crippen molar-refractivity contribution in [3.05, 3.63) is 21.0 Å². The molecule has 2 aromatic heterocycles. The second-order valence-corrected chi connectivity index (χ2v) is 15.5. The average Bonchev–Trinajstić information content (AvgIpc) is 3.41. The Hall–Kier alpha value is -2.50. The zero-order valence-electron chi connectivity index (χ0n) is 30.8. The minimum Gasteiger partial charge on any atom is -0.762 e. The largest absolute Gasteiger partial charge is 0.762 e. The van der Waals surface area contributed by atoms with E-state index in [1.165, 1.54) is 0 Å². The fraction of sp³-hybridized carbons (Fsp3) is 0.778. The molecule has 0 atom stereocenters. The maximum atomic E-state index is 14.0. The third kappa shape index (κ3) is 10.9. The Morgan fingerprint density at radius 3 is 0.938 bits per heavy atom. The minimum absolute atomic E-state index is 0. The molecular weight excluding hydrogens is 1110 g/mol. The van der Waals surface area contributed by atoms with Crippen molar-refractivity contribution >= 4 is 50.5 Å². The average molecular weight is 1130 g/mol. The molecule has 0 saturated carbocycles. The molecule has 0 aliphatic rings. The molecule has 0 spiro atoms. The van der Waals surface area contributed by atoms with Gasteiger partial charge in [-0.2, -0.15) is 119 Å². The Morgan fingerprint density at radius 1 is 0.385 bits per heavy atom. The Labute approximate surface area is 374 Å². The second-order valence-electron chi connectivity index (χ2n) is 14.0. The van der Waals surface area contributed by atoms with E-state index in [-0.39, 0.29) is 28.1 Å². The van der Waals surface area contributed by atoms with Crippen LogP contribution in [-0.2, 0) is 92.7 Å². The normalized spacial score (nSPS) is 14.9. The van der Waals surface area contributed by atoms with Crippen molar-refractivity contribution in [2.24, 2.45) is 5.41 Å². The molecule has 2 heterocycles. The van der Waals surface area contributed by atoms with Gasteiger partial charge >= 0.3 is 83.3 Å². The van der Waals surface area contributed by atoms with Gasteiger partial charge in [0.2, 0.25) is 0 Å². The van der Waals surface area contributed by atoms with Crippen molar-refractivity contribution in [1.82, 2.24) is 18.3 Å². The summed E-state index contributed by atoms with van der Waals surface area (Å²) in [4.78, 5) is 24.1. The summed E-state index contributed by atoms with van der Waals surface area (Å²) in [6, 6.07) is -6.94. The van der Waals surface area contributed by atoms with Crippen LogP contribution in [0.5, 0.6) is 0 Å². The summed E-state index contributed by atoms with van der Waals surface area (Å²) in [6.07, 6.45) is -26.7. The summed E-state index contributed by atoms with van der Waals surface area (Å²) in [5.41, 5.74) is -4.56. The minimum atomic E-state index is -7.58. The molecule has 0 aliphatic heterocycles. The number of alkyl halides is 27. The zero-order valence-corrected chi connectivity index (χ0v) is 35.0. The van der Waals surface area contributed by atoms with Gasteiger partial charge in [-0.05, 0) is 5.41 Å². The summed E-state index contributed by atoms with van der Waals surface area (Å²) in [7, 11) is 0. The van der Waals surface area contributed by atoms with Crippen molar-refractivity contribution in [3.8, 4) is 0 Å². The Balaban J connectivity index is 0.00000128. The fourth-order valence-electron chi connectivity index (χ4n) is 4.45. The third-order valence-corrected chi connectivity index (χ3v) is 9.82. The Bertz CT molecular complexity index is 2110. The number of halogens is 27. The van der Waals surface area contributed by atoms with Crippen molar-refractivity contribution in [1.29, 1.82) is 0 Å². The molecule has 0 fully saturated rings. The van der Waals surface area contributed by atoms with Crippen LogP contribution in [0.15, 0.2) is 29.7 Å². The van der Waals surface area contributed by atoms with E-state index in [2.05, 4.69) is 25.3 Å². The van der Waals surface area contributed by atoms with E-state index in [1.807, 2.05) is 0 Å². The van der Waals surface area contributed by atoms with Crippen molar-refractivity contribution in [2.45, 2.75) is 145 Å². The van der Waals surface area contributed by atoms with E-state index >= 15 is 0 Å². The summed E-state index contributed by atoms with van der Waals surface area (Å²) in [5, 5.41) is -4.77. The molecule has 2 rings (SSSR count). The molecular formula is C27H19F27N4NiO2S4-4. The quantitative estimate of drug-likeness (QED) is 0.107. The molecule has 6 nitrogen and oxygen atoms in total. The molecule has 65 heavy (non-hydrogen) atoms. The molecule has 0 unspecified atom stereocenters. The zero-order chi connectivity index (χ0) is 51.8. The number of nitrogens with zero attached hydrogens (tertiary/aromatic N) is 4. The molecule has 38 heteroatoms. The van der Waals surface area contributed by atoms with E-state index in [9.17, 15) is 128 Å². The van der Waals surface area contributed by atoms with Gasteiger partial charge in [0.15, 0.2) is 0 Å². The second kappa shape index (κ2) is 18.4. The van der Waals surface area contributed by atoms with E-state index < -0.39 is 139 Å². The first-order valence-corrected chi connectivity index (χ1v) is 17.2. The molecule has 386 valence electrons. The number of hydrogen-bond acceptors (Lipinski definition) is 6.